The van der Waals surface area contributed by atoms with Gasteiger partial charge in [-0.25, -0.2) is 0 Å². The number of hydrogen-bond donors (Lipinski definition) is 3. The van der Waals surface area contributed by atoms with Gasteiger partial charge in [0, 0.05) is 28.8 Å². The number of rotatable bonds is 4. The molecule has 1 aliphatic heterocycles. The summed E-state index contributed by atoms with van der Waals surface area (Å²) in [5, 5.41) is 22.6. The van der Waals surface area contributed by atoms with Gasteiger partial charge in [-0.05, 0) is 24.6 Å². The fourth-order valence-electron chi connectivity index (χ4n) is 2.25. The Morgan fingerprint density at radius 3 is 2.95 bits per heavy atom. The number of aliphatic hydroxyl groups is 2. The average Bonchev–Trinajstić information content (AvgIpc) is 2.63. The summed E-state index contributed by atoms with van der Waals surface area (Å²) < 4.78 is 0. The highest BCUT2D eigenvalue weighted by atomic mass is 35.5. The molecule has 0 spiro atoms. The molecule has 0 radical (unpaired) electrons. The third-order valence-electron chi connectivity index (χ3n) is 3.37. The van der Waals surface area contributed by atoms with E-state index in [1.165, 1.54) is 0 Å². The maximum absolute atomic E-state index is 12.1. The number of amides is 1. The Bertz CT molecular complexity index is 529. The minimum absolute atomic E-state index is 0.0380. The van der Waals surface area contributed by atoms with Crippen LogP contribution in [0.1, 0.15) is 18.9 Å². The molecular weight excluding hydrogens is 266 g/mol. The summed E-state index contributed by atoms with van der Waals surface area (Å²) in [7, 11) is 0. The van der Waals surface area contributed by atoms with Crippen LogP contribution >= 0.6 is 11.6 Å². The molecule has 3 N–H and O–H groups in total. The van der Waals surface area contributed by atoms with E-state index in [0.29, 0.717) is 22.7 Å². The SMILES string of the molecule is C[C@@H](/C=C/CCO)[C@]1(O)C(=O)Nc2ccc(Cl)cc21. The molecule has 1 aliphatic rings. The largest absolute Gasteiger partial charge is 0.396 e. The number of carbonyl (C=O) groups excluding carboxylic acids is 1. The molecule has 2 atom stereocenters. The highest BCUT2D eigenvalue weighted by molar-refractivity contribution is 6.31. The van der Waals surface area contributed by atoms with Crippen LogP contribution in [0.2, 0.25) is 5.02 Å². The van der Waals surface area contributed by atoms with Crippen LogP contribution in [0.4, 0.5) is 5.69 Å². The molecule has 1 heterocycles. The van der Waals surface area contributed by atoms with Gasteiger partial charge in [0.1, 0.15) is 0 Å². The van der Waals surface area contributed by atoms with Crippen molar-refractivity contribution in [2.75, 3.05) is 11.9 Å². The first-order valence-electron chi connectivity index (χ1n) is 6.11. The average molecular weight is 282 g/mol. The quantitative estimate of drug-likeness (QED) is 0.740. The molecule has 2 rings (SSSR count). The van der Waals surface area contributed by atoms with Crippen LogP contribution in [0.3, 0.4) is 0 Å². The number of aliphatic hydroxyl groups excluding tert-OH is 1. The fourth-order valence-corrected chi connectivity index (χ4v) is 2.42. The molecule has 19 heavy (non-hydrogen) atoms. The Morgan fingerprint density at radius 1 is 1.53 bits per heavy atom. The zero-order chi connectivity index (χ0) is 14.0. The lowest BCUT2D eigenvalue weighted by Crippen LogP contribution is -2.39. The standard InChI is InChI=1S/C14H16ClNO3/c1-9(4-2-3-7-17)14(19)11-8-10(15)5-6-12(11)16-13(14)18/h2,4-6,8-9,17,19H,3,7H2,1H3,(H,16,18)/b4-2+/t9-,14+/m0/s1. The Morgan fingerprint density at radius 2 is 2.26 bits per heavy atom. The zero-order valence-electron chi connectivity index (χ0n) is 10.6. The van der Waals surface area contributed by atoms with E-state index in [4.69, 9.17) is 16.7 Å². The maximum atomic E-state index is 12.1. The van der Waals surface area contributed by atoms with Crippen LogP contribution in [0.25, 0.3) is 0 Å². The number of nitrogens with one attached hydrogen (secondary N) is 1. The molecule has 0 aromatic heterocycles. The number of halogens is 1. The van der Waals surface area contributed by atoms with Crippen LogP contribution in [0.15, 0.2) is 30.4 Å². The second-order valence-electron chi connectivity index (χ2n) is 4.64. The van der Waals surface area contributed by atoms with Crippen molar-refractivity contribution in [3.63, 3.8) is 0 Å². The number of fused-ring (bicyclic) bond motifs is 1. The third-order valence-corrected chi connectivity index (χ3v) is 3.60. The van der Waals surface area contributed by atoms with Crippen LogP contribution in [-0.4, -0.2) is 22.7 Å². The second-order valence-corrected chi connectivity index (χ2v) is 5.08. The molecule has 0 saturated heterocycles. The minimum Gasteiger partial charge on any atom is -0.396 e. The molecule has 1 aromatic carbocycles. The van der Waals surface area contributed by atoms with Gasteiger partial charge in [-0.15, -0.1) is 0 Å². The molecule has 5 heteroatoms. The molecule has 1 aromatic rings. The van der Waals surface area contributed by atoms with Gasteiger partial charge in [0.05, 0.1) is 0 Å². The van der Waals surface area contributed by atoms with Crippen molar-refractivity contribution in [1.82, 2.24) is 0 Å². The van der Waals surface area contributed by atoms with E-state index in [1.54, 1.807) is 37.3 Å². The van der Waals surface area contributed by atoms with E-state index >= 15 is 0 Å². The minimum atomic E-state index is -1.62. The molecular formula is C14H16ClNO3. The summed E-state index contributed by atoms with van der Waals surface area (Å²) in [6, 6.07) is 4.95. The summed E-state index contributed by atoms with van der Waals surface area (Å²) in [6.45, 7) is 1.79. The van der Waals surface area contributed by atoms with Crippen LogP contribution in [0.5, 0.6) is 0 Å². The van der Waals surface area contributed by atoms with Gasteiger partial charge in [0.2, 0.25) is 0 Å². The van der Waals surface area contributed by atoms with Crippen molar-refractivity contribution < 1.29 is 15.0 Å². The lowest BCUT2D eigenvalue weighted by molar-refractivity contribution is -0.137. The summed E-state index contributed by atoms with van der Waals surface area (Å²) in [5.74, 6) is -0.871. The second kappa shape index (κ2) is 5.33. The fraction of sp³-hybridized carbons (Fsp3) is 0.357. The molecule has 0 saturated carbocycles. The normalized spacial score (nSPS) is 23.5. The predicted octanol–water partition coefficient (Wildman–Crippen LogP) is 2.05. The Balaban J connectivity index is 2.38. The lowest BCUT2D eigenvalue weighted by Gasteiger charge is -2.26. The van der Waals surface area contributed by atoms with Crippen molar-refractivity contribution in [1.29, 1.82) is 0 Å². The summed E-state index contributed by atoms with van der Waals surface area (Å²) in [6.07, 6.45) is 3.97. The highest BCUT2D eigenvalue weighted by Crippen LogP contribution is 2.42. The van der Waals surface area contributed by atoms with Crippen molar-refractivity contribution in [2.45, 2.75) is 18.9 Å². The highest BCUT2D eigenvalue weighted by Gasteiger charge is 2.48. The molecule has 4 nitrogen and oxygen atoms in total. The first kappa shape index (κ1) is 14.1. The first-order chi connectivity index (χ1) is 9.00. The monoisotopic (exact) mass is 281 g/mol. The summed E-state index contributed by atoms with van der Waals surface area (Å²) in [4.78, 5) is 12.1. The lowest BCUT2D eigenvalue weighted by atomic mass is 9.83. The van der Waals surface area contributed by atoms with Crippen molar-refractivity contribution in [2.24, 2.45) is 5.92 Å². The summed E-state index contributed by atoms with van der Waals surface area (Å²) in [5.41, 5.74) is -0.544. The van der Waals surface area contributed by atoms with E-state index in [1.807, 2.05) is 0 Å². The Labute approximate surface area is 116 Å². The molecule has 102 valence electrons. The van der Waals surface area contributed by atoms with E-state index in [9.17, 15) is 9.90 Å². The predicted molar refractivity (Wildman–Crippen MR) is 74.0 cm³/mol. The van der Waals surface area contributed by atoms with Crippen molar-refractivity contribution in [3.05, 3.63) is 40.9 Å². The van der Waals surface area contributed by atoms with Gasteiger partial charge in [0.25, 0.3) is 5.91 Å². The Hall–Kier alpha value is -1.36. The topological polar surface area (TPSA) is 69.6 Å². The maximum Gasteiger partial charge on any atom is 0.261 e. The molecule has 0 aliphatic carbocycles. The van der Waals surface area contributed by atoms with Gasteiger partial charge < -0.3 is 15.5 Å². The molecule has 0 unspecified atom stereocenters. The molecule has 0 bridgehead atoms. The number of anilines is 1. The van der Waals surface area contributed by atoms with Gasteiger partial charge >= 0.3 is 0 Å². The van der Waals surface area contributed by atoms with Crippen LogP contribution in [-0.2, 0) is 10.4 Å². The Kier molecular flexibility index (Phi) is 3.94. The third kappa shape index (κ3) is 2.39. The number of benzene rings is 1. The van der Waals surface area contributed by atoms with Crippen molar-refractivity contribution >= 4 is 23.2 Å². The van der Waals surface area contributed by atoms with Crippen molar-refractivity contribution in [3.8, 4) is 0 Å². The first-order valence-corrected chi connectivity index (χ1v) is 6.49. The van der Waals surface area contributed by atoms with Crippen LogP contribution < -0.4 is 5.32 Å². The van der Waals surface area contributed by atoms with E-state index < -0.39 is 17.4 Å². The van der Waals surface area contributed by atoms with Crippen LogP contribution in [0, 0.1) is 5.92 Å². The summed E-state index contributed by atoms with van der Waals surface area (Å²) >= 11 is 5.93. The zero-order valence-corrected chi connectivity index (χ0v) is 11.3. The smallest absolute Gasteiger partial charge is 0.261 e. The number of hydrogen-bond acceptors (Lipinski definition) is 3. The van der Waals surface area contributed by atoms with E-state index in [-0.39, 0.29) is 6.61 Å². The van der Waals surface area contributed by atoms with E-state index in [0.717, 1.165) is 0 Å². The number of carbonyl (C=O) groups is 1. The van der Waals surface area contributed by atoms with E-state index in [2.05, 4.69) is 5.32 Å². The van der Waals surface area contributed by atoms with Gasteiger partial charge in [0.15, 0.2) is 5.60 Å². The molecule has 1 amide bonds. The van der Waals surface area contributed by atoms with Gasteiger partial charge in [-0.3, -0.25) is 4.79 Å². The van der Waals surface area contributed by atoms with Gasteiger partial charge in [-0.1, -0.05) is 30.7 Å². The molecule has 0 fully saturated rings. The van der Waals surface area contributed by atoms with Gasteiger partial charge in [-0.2, -0.15) is 0 Å².